The van der Waals surface area contributed by atoms with E-state index in [1.165, 1.54) is 0 Å². The SMILES string of the molecule is CN(CCC(O)c1ccc(Br)cc1Cl)Cc1cnn(C)c1. The van der Waals surface area contributed by atoms with Crippen LogP contribution in [0.3, 0.4) is 0 Å². The maximum atomic E-state index is 10.3. The van der Waals surface area contributed by atoms with E-state index in [0.29, 0.717) is 11.4 Å². The van der Waals surface area contributed by atoms with Gasteiger partial charge in [0.25, 0.3) is 0 Å². The second-order valence-electron chi connectivity index (χ2n) is 5.23. The van der Waals surface area contributed by atoms with Crippen molar-refractivity contribution in [3.8, 4) is 0 Å². The Balaban J connectivity index is 1.86. The van der Waals surface area contributed by atoms with E-state index in [2.05, 4.69) is 25.9 Å². The van der Waals surface area contributed by atoms with Crippen LogP contribution in [0.1, 0.15) is 23.7 Å². The van der Waals surface area contributed by atoms with Crippen LogP contribution in [0.2, 0.25) is 5.02 Å². The fourth-order valence-corrected chi connectivity index (χ4v) is 3.01. The predicted octanol–water partition coefficient (Wildman–Crippen LogP) is 3.39. The largest absolute Gasteiger partial charge is 0.388 e. The highest BCUT2D eigenvalue weighted by Crippen LogP contribution is 2.28. The Labute approximate surface area is 138 Å². The van der Waals surface area contributed by atoms with Gasteiger partial charge in [-0.3, -0.25) is 4.68 Å². The van der Waals surface area contributed by atoms with Gasteiger partial charge in [0.2, 0.25) is 0 Å². The summed E-state index contributed by atoms with van der Waals surface area (Å²) in [6, 6.07) is 5.56. The second kappa shape index (κ2) is 7.40. The Hall–Kier alpha value is -0.880. The molecule has 0 aliphatic carbocycles. The van der Waals surface area contributed by atoms with E-state index in [4.69, 9.17) is 11.6 Å². The number of hydrogen-bond acceptors (Lipinski definition) is 3. The number of aryl methyl sites for hydroxylation is 1. The van der Waals surface area contributed by atoms with Crippen LogP contribution in [0.4, 0.5) is 0 Å². The Morgan fingerprint density at radius 3 is 2.86 bits per heavy atom. The number of hydrogen-bond donors (Lipinski definition) is 1. The van der Waals surface area contributed by atoms with Gasteiger partial charge in [0.15, 0.2) is 0 Å². The lowest BCUT2D eigenvalue weighted by atomic mass is 10.1. The number of nitrogens with zero attached hydrogens (tertiary/aromatic N) is 3. The summed E-state index contributed by atoms with van der Waals surface area (Å²) < 4.78 is 2.71. The van der Waals surface area contributed by atoms with Crippen molar-refractivity contribution in [1.29, 1.82) is 0 Å². The van der Waals surface area contributed by atoms with Gasteiger partial charge in [-0.15, -0.1) is 0 Å². The summed E-state index contributed by atoms with van der Waals surface area (Å²) in [5, 5.41) is 15.0. The van der Waals surface area contributed by atoms with Gasteiger partial charge < -0.3 is 10.0 Å². The van der Waals surface area contributed by atoms with Gasteiger partial charge >= 0.3 is 0 Å². The topological polar surface area (TPSA) is 41.3 Å². The van der Waals surface area contributed by atoms with Gasteiger partial charge in [-0.2, -0.15) is 5.10 Å². The zero-order valence-electron chi connectivity index (χ0n) is 12.1. The van der Waals surface area contributed by atoms with Crippen LogP contribution in [0, 0.1) is 0 Å². The van der Waals surface area contributed by atoms with E-state index < -0.39 is 6.10 Å². The lowest BCUT2D eigenvalue weighted by Crippen LogP contribution is -2.20. The molecule has 0 fully saturated rings. The van der Waals surface area contributed by atoms with Crippen molar-refractivity contribution in [2.45, 2.75) is 19.1 Å². The molecule has 1 N–H and O–H groups in total. The first-order chi connectivity index (χ1) is 9.95. The molecule has 6 heteroatoms. The minimum atomic E-state index is -0.554. The van der Waals surface area contributed by atoms with Gasteiger partial charge in [0.1, 0.15) is 0 Å². The lowest BCUT2D eigenvalue weighted by molar-refractivity contribution is 0.148. The van der Waals surface area contributed by atoms with Crippen molar-refractivity contribution in [1.82, 2.24) is 14.7 Å². The quantitative estimate of drug-likeness (QED) is 0.845. The minimum Gasteiger partial charge on any atom is -0.388 e. The molecular formula is C15H19BrClN3O. The highest BCUT2D eigenvalue weighted by Gasteiger charge is 2.13. The summed E-state index contributed by atoms with van der Waals surface area (Å²) in [5.74, 6) is 0. The summed E-state index contributed by atoms with van der Waals surface area (Å²) in [4.78, 5) is 2.16. The van der Waals surface area contributed by atoms with Gasteiger partial charge in [-0.05, 0) is 31.2 Å². The summed E-state index contributed by atoms with van der Waals surface area (Å²) in [5.41, 5.74) is 1.94. The van der Waals surface area contributed by atoms with E-state index >= 15 is 0 Å². The molecule has 0 saturated carbocycles. The summed E-state index contributed by atoms with van der Waals surface area (Å²) in [7, 11) is 3.94. The Morgan fingerprint density at radius 1 is 1.48 bits per heavy atom. The average Bonchev–Trinajstić information content (AvgIpc) is 2.81. The number of rotatable bonds is 6. The molecule has 0 saturated heterocycles. The third kappa shape index (κ3) is 4.81. The van der Waals surface area contributed by atoms with Crippen molar-refractivity contribution < 1.29 is 5.11 Å². The maximum absolute atomic E-state index is 10.3. The van der Waals surface area contributed by atoms with Crippen LogP contribution in [0.15, 0.2) is 35.1 Å². The molecule has 2 aromatic rings. The van der Waals surface area contributed by atoms with E-state index in [-0.39, 0.29) is 0 Å². The van der Waals surface area contributed by atoms with E-state index in [1.54, 1.807) is 10.7 Å². The van der Waals surface area contributed by atoms with Crippen molar-refractivity contribution in [2.24, 2.45) is 7.05 Å². The van der Waals surface area contributed by atoms with Crippen molar-refractivity contribution in [3.63, 3.8) is 0 Å². The molecule has 1 unspecified atom stereocenters. The van der Waals surface area contributed by atoms with Crippen LogP contribution in [0.25, 0.3) is 0 Å². The fraction of sp³-hybridized carbons (Fsp3) is 0.400. The third-order valence-electron chi connectivity index (χ3n) is 3.32. The van der Waals surface area contributed by atoms with Crippen LogP contribution in [0.5, 0.6) is 0 Å². The zero-order valence-corrected chi connectivity index (χ0v) is 14.5. The van der Waals surface area contributed by atoms with Crippen LogP contribution in [-0.4, -0.2) is 33.4 Å². The first-order valence-corrected chi connectivity index (χ1v) is 7.92. The molecule has 2 rings (SSSR count). The minimum absolute atomic E-state index is 0.554. The number of benzene rings is 1. The third-order valence-corrected chi connectivity index (χ3v) is 4.14. The molecule has 1 heterocycles. The standard InChI is InChI=1S/C15H19BrClN3O/c1-19(9-11-8-18-20(2)10-11)6-5-15(21)13-4-3-12(16)7-14(13)17/h3-4,7-8,10,15,21H,5-6,9H2,1-2H3. The molecule has 4 nitrogen and oxygen atoms in total. The normalized spacial score (nSPS) is 12.9. The Morgan fingerprint density at radius 2 is 2.24 bits per heavy atom. The second-order valence-corrected chi connectivity index (χ2v) is 6.55. The van der Waals surface area contributed by atoms with Crippen molar-refractivity contribution in [2.75, 3.05) is 13.6 Å². The monoisotopic (exact) mass is 371 g/mol. The molecule has 1 atom stereocenters. The van der Waals surface area contributed by atoms with Gasteiger partial charge in [0.05, 0.1) is 12.3 Å². The summed E-state index contributed by atoms with van der Waals surface area (Å²) in [6.45, 7) is 1.59. The highest BCUT2D eigenvalue weighted by atomic mass is 79.9. The van der Waals surface area contributed by atoms with Crippen LogP contribution < -0.4 is 0 Å². The lowest BCUT2D eigenvalue weighted by Gasteiger charge is -2.19. The van der Waals surface area contributed by atoms with Gasteiger partial charge in [-0.25, -0.2) is 0 Å². The average molecular weight is 373 g/mol. The Bertz CT molecular complexity index is 602. The highest BCUT2D eigenvalue weighted by molar-refractivity contribution is 9.10. The Kier molecular flexibility index (Phi) is 5.81. The molecule has 0 radical (unpaired) electrons. The number of aliphatic hydroxyl groups is 1. The van der Waals surface area contributed by atoms with Crippen molar-refractivity contribution in [3.05, 3.63) is 51.2 Å². The molecule has 1 aromatic carbocycles. The summed E-state index contributed by atoms with van der Waals surface area (Å²) >= 11 is 9.52. The zero-order chi connectivity index (χ0) is 15.4. The molecule has 0 amide bonds. The maximum Gasteiger partial charge on any atom is 0.0816 e. The smallest absolute Gasteiger partial charge is 0.0816 e. The molecule has 21 heavy (non-hydrogen) atoms. The van der Waals surface area contributed by atoms with Gasteiger partial charge in [0, 0.05) is 41.4 Å². The van der Waals surface area contributed by atoms with Gasteiger partial charge in [-0.1, -0.05) is 33.6 Å². The number of halogens is 2. The van der Waals surface area contributed by atoms with E-state index in [9.17, 15) is 5.11 Å². The van der Waals surface area contributed by atoms with E-state index in [1.807, 2.05) is 38.6 Å². The summed E-state index contributed by atoms with van der Waals surface area (Å²) in [6.07, 6.45) is 3.94. The van der Waals surface area contributed by atoms with Crippen molar-refractivity contribution >= 4 is 27.5 Å². The molecule has 0 spiro atoms. The van der Waals surface area contributed by atoms with Crippen LogP contribution >= 0.6 is 27.5 Å². The molecular weight excluding hydrogens is 354 g/mol. The molecule has 114 valence electrons. The number of aliphatic hydroxyl groups excluding tert-OH is 1. The molecule has 0 bridgehead atoms. The van der Waals surface area contributed by atoms with E-state index in [0.717, 1.165) is 28.7 Å². The molecule has 0 aliphatic rings. The first-order valence-electron chi connectivity index (χ1n) is 6.75. The fourth-order valence-electron chi connectivity index (χ4n) is 2.21. The molecule has 1 aromatic heterocycles. The van der Waals surface area contributed by atoms with Crippen LogP contribution in [-0.2, 0) is 13.6 Å². The predicted molar refractivity (Wildman–Crippen MR) is 88.3 cm³/mol. The molecule has 0 aliphatic heterocycles. The first kappa shape index (κ1) is 16.5. The number of aromatic nitrogens is 2.